The number of hydrogen-bond donors (Lipinski definition) is 0. The van der Waals surface area contributed by atoms with Gasteiger partial charge in [0.2, 0.25) is 0 Å². The molecule has 0 N–H and O–H groups in total. The molecule has 8 heteroatoms. The third-order valence-electron chi connectivity index (χ3n) is 6.49. The van der Waals surface area contributed by atoms with Gasteiger partial charge in [-0.2, -0.15) is 0 Å². The second-order valence-electron chi connectivity index (χ2n) is 8.48. The highest BCUT2D eigenvalue weighted by Gasteiger charge is 2.27. The Hall–Kier alpha value is -2.84. The van der Waals surface area contributed by atoms with Crippen LogP contribution in [0.1, 0.15) is 41.0 Å². The summed E-state index contributed by atoms with van der Waals surface area (Å²) < 4.78 is 1.96. The molecule has 0 unspecified atom stereocenters. The number of thiazole rings is 1. The zero-order valence-corrected chi connectivity index (χ0v) is 18.9. The van der Waals surface area contributed by atoms with Crippen molar-refractivity contribution in [2.45, 2.75) is 38.8 Å². The van der Waals surface area contributed by atoms with Gasteiger partial charge < -0.3 is 14.4 Å². The van der Waals surface area contributed by atoms with Crippen molar-refractivity contribution < 1.29 is 4.79 Å². The minimum atomic E-state index is -0.0478. The minimum absolute atomic E-state index is 0.0474. The second-order valence-corrected chi connectivity index (χ2v) is 9.19. The zero-order valence-electron chi connectivity index (χ0n) is 18.1. The van der Waals surface area contributed by atoms with Crippen molar-refractivity contribution in [3.05, 3.63) is 68.8 Å². The van der Waals surface area contributed by atoms with E-state index in [-0.39, 0.29) is 11.5 Å². The van der Waals surface area contributed by atoms with Crippen LogP contribution in [0.4, 0.5) is 0 Å². The van der Waals surface area contributed by atoms with Crippen LogP contribution in [0.15, 0.2) is 46.3 Å². The Morgan fingerprint density at radius 1 is 1.06 bits per heavy atom. The monoisotopic (exact) mass is 449 g/mol. The third-order valence-corrected chi connectivity index (χ3v) is 7.08. The molecule has 1 saturated heterocycles. The van der Waals surface area contributed by atoms with E-state index in [0.717, 1.165) is 36.5 Å². The Balaban J connectivity index is 1.49. The van der Waals surface area contributed by atoms with Crippen LogP contribution in [0.3, 0.4) is 0 Å². The first-order chi connectivity index (χ1) is 15.7. The average molecular weight is 450 g/mol. The van der Waals surface area contributed by atoms with Gasteiger partial charge >= 0.3 is 0 Å². The smallest absolute Gasteiger partial charge is 0.273 e. The topological polar surface area (TPSA) is 71.3 Å². The van der Waals surface area contributed by atoms with Crippen molar-refractivity contribution in [2.75, 3.05) is 26.2 Å². The molecule has 2 aliphatic rings. The number of nitrogens with zero attached hydrogens (tertiary/aromatic N) is 5. The molecule has 0 saturated carbocycles. The lowest BCUT2D eigenvalue weighted by Gasteiger charge is -2.32. The zero-order chi connectivity index (χ0) is 21.9. The quantitative estimate of drug-likeness (QED) is 0.599. The summed E-state index contributed by atoms with van der Waals surface area (Å²) in [6, 6.07) is 5.73. The van der Waals surface area contributed by atoms with E-state index < -0.39 is 0 Å². The highest BCUT2D eigenvalue weighted by atomic mass is 32.1. The van der Waals surface area contributed by atoms with Gasteiger partial charge in [-0.05, 0) is 55.3 Å². The molecule has 0 aromatic carbocycles. The molecule has 32 heavy (non-hydrogen) atoms. The number of carbonyl (C=O) groups excluding carboxylic acids is 1. The van der Waals surface area contributed by atoms with Gasteiger partial charge in [0.25, 0.3) is 11.5 Å². The maximum Gasteiger partial charge on any atom is 0.273 e. The lowest BCUT2D eigenvalue weighted by atomic mass is 9.99. The standard InChI is InChI=1S/C24H27N5O2S/c30-23-20(18-4-7-25-8-5-18)14-19-15-28(24(31)21-16-32-17-26-21)11-6-22(19)29(23)13-12-27-9-2-1-3-10-27/h4-5,7-8,14,16-17H,1-3,6,9-13,15H2. The van der Waals surface area contributed by atoms with Crippen molar-refractivity contribution in [3.8, 4) is 11.1 Å². The van der Waals surface area contributed by atoms with Crippen LogP contribution in [-0.2, 0) is 19.5 Å². The van der Waals surface area contributed by atoms with Crippen molar-refractivity contribution in [3.63, 3.8) is 0 Å². The van der Waals surface area contributed by atoms with Gasteiger partial charge in [-0.25, -0.2) is 4.98 Å². The summed E-state index contributed by atoms with van der Waals surface area (Å²) in [6.45, 7) is 4.87. The van der Waals surface area contributed by atoms with Crippen LogP contribution in [-0.4, -0.2) is 56.4 Å². The number of piperidine rings is 1. The summed E-state index contributed by atoms with van der Waals surface area (Å²) in [5, 5.41) is 1.79. The highest BCUT2D eigenvalue weighted by molar-refractivity contribution is 7.07. The molecule has 3 aromatic heterocycles. The van der Waals surface area contributed by atoms with E-state index in [1.54, 1.807) is 23.3 Å². The molecular formula is C24H27N5O2S. The van der Waals surface area contributed by atoms with Crippen LogP contribution >= 0.6 is 11.3 Å². The van der Waals surface area contributed by atoms with Gasteiger partial charge in [-0.1, -0.05) is 6.42 Å². The highest BCUT2D eigenvalue weighted by Crippen LogP contribution is 2.25. The number of pyridine rings is 2. The molecule has 5 heterocycles. The number of likely N-dealkylation sites (tertiary alicyclic amines) is 1. The Morgan fingerprint density at radius 2 is 1.88 bits per heavy atom. The van der Waals surface area contributed by atoms with Gasteiger partial charge in [0.15, 0.2) is 0 Å². The predicted molar refractivity (Wildman–Crippen MR) is 125 cm³/mol. The van der Waals surface area contributed by atoms with Gasteiger partial charge in [0, 0.05) is 61.6 Å². The van der Waals surface area contributed by atoms with Gasteiger partial charge in [-0.15, -0.1) is 11.3 Å². The van der Waals surface area contributed by atoms with E-state index in [4.69, 9.17) is 0 Å². The van der Waals surface area contributed by atoms with Crippen LogP contribution in [0.5, 0.6) is 0 Å². The Bertz CT molecular complexity index is 1140. The molecule has 5 rings (SSSR count). The van der Waals surface area contributed by atoms with E-state index in [0.29, 0.717) is 37.3 Å². The van der Waals surface area contributed by atoms with Crippen molar-refractivity contribution in [1.29, 1.82) is 0 Å². The second kappa shape index (κ2) is 9.34. The van der Waals surface area contributed by atoms with Crippen LogP contribution in [0.2, 0.25) is 0 Å². The molecule has 0 bridgehead atoms. The molecule has 0 atom stereocenters. The molecule has 2 aliphatic heterocycles. The largest absolute Gasteiger partial charge is 0.333 e. The number of rotatable bonds is 5. The van der Waals surface area contributed by atoms with Gasteiger partial charge in [0.05, 0.1) is 5.51 Å². The molecule has 0 aliphatic carbocycles. The van der Waals surface area contributed by atoms with E-state index >= 15 is 0 Å². The minimum Gasteiger partial charge on any atom is -0.333 e. The van der Waals surface area contributed by atoms with Crippen molar-refractivity contribution >= 4 is 17.2 Å². The maximum absolute atomic E-state index is 13.6. The molecule has 7 nitrogen and oxygen atoms in total. The lowest BCUT2D eigenvalue weighted by molar-refractivity contribution is 0.0726. The van der Waals surface area contributed by atoms with Crippen molar-refractivity contribution in [1.82, 2.24) is 24.3 Å². The number of carbonyl (C=O) groups is 1. The first kappa shape index (κ1) is 21.0. The first-order valence-corrected chi connectivity index (χ1v) is 12.2. The molecule has 3 aromatic rings. The molecule has 166 valence electrons. The summed E-state index contributed by atoms with van der Waals surface area (Å²) >= 11 is 1.43. The van der Waals surface area contributed by atoms with Gasteiger partial charge in [0.1, 0.15) is 5.69 Å². The molecule has 0 spiro atoms. The van der Waals surface area contributed by atoms with Crippen LogP contribution in [0, 0.1) is 0 Å². The number of aromatic nitrogens is 3. The number of hydrogen-bond acceptors (Lipinski definition) is 6. The molecule has 0 radical (unpaired) electrons. The molecule has 1 fully saturated rings. The third kappa shape index (κ3) is 4.25. The summed E-state index contributed by atoms with van der Waals surface area (Å²) in [7, 11) is 0. The van der Waals surface area contributed by atoms with E-state index in [2.05, 4.69) is 14.9 Å². The molecular weight excluding hydrogens is 422 g/mol. The van der Waals surface area contributed by atoms with Crippen LogP contribution < -0.4 is 5.56 Å². The van der Waals surface area contributed by atoms with E-state index in [1.807, 2.05) is 27.7 Å². The fourth-order valence-corrected chi connectivity index (χ4v) is 5.30. The molecule has 1 amide bonds. The van der Waals surface area contributed by atoms with E-state index in [9.17, 15) is 9.59 Å². The fourth-order valence-electron chi connectivity index (χ4n) is 4.77. The fraction of sp³-hybridized carbons (Fsp3) is 0.417. The van der Waals surface area contributed by atoms with Crippen LogP contribution in [0.25, 0.3) is 11.1 Å². The van der Waals surface area contributed by atoms with Gasteiger partial charge in [-0.3, -0.25) is 14.6 Å². The van der Waals surface area contributed by atoms with E-state index in [1.165, 1.54) is 30.6 Å². The summed E-state index contributed by atoms with van der Waals surface area (Å²) in [5.74, 6) is -0.0478. The summed E-state index contributed by atoms with van der Waals surface area (Å²) in [5.41, 5.74) is 5.87. The average Bonchev–Trinajstić information content (AvgIpc) is 3.39. The van der Waals surface area contributed by atoms with Crippen molar-refractivity contribution in [2.24, 2.45) is 0 Å². The number of fused-ring (bicyclic) bond motifs is 1. The summed E-state index contributed by atoms with van der Waals surface area (Å²) in [4.78, 5) is 39.0. The maximum atomic E-state index is 13.6. The normalized spacial score (nSPS) is 16.7. The SMILES string of the molecule is O=C(c1cscn1)N1CCc2c(cc(-c3ccncc3)c(=O)n2CCN2CCCCC2)C1. The summed E-state index contributed by atoms with van der Waals surface area (Å²) in [6.07, 6.45) is 7.87. The first-order valence-electron chi connectivity index (χ1n) is 11.3. The Kier molecular flexibility index (Phi) is 6.14. The lowest BCUT2D eigenvalue weighted by Crippen LogP contribution is -2.41. The Labute approximate surface area is 191 Å². The Morgan fingerprint density at radius 3 is 2.62 bits per heavy atom. The predicted octanol–water partition coefficient (Wildman–Crippen LogP) is 3.05. The number of amides is 1.